The van der Waals surface area contributed by atoms with Crippen molar-refractivity contribution in [2.45, 2.75) is 71.1 Å². The molecule has 1 aromatic rings. The van der Waals surface area contributed by atoms with Gasteiger partial charge in [0.05, 0.1) is 0 Å². The molecule has 1 aliphatic rings. The number of aryl methyl sites for hydroxylation is 1. The summed E-state index contributed by atoms with van der Waals surface area (Å²) in [6, 6.07) is 7.20. The van der Waals surface area contributed by atoms with Crippen LogP contribution in [0.4, 0.5) is 0 Å². The van der Waals surface area contributed by atoms with Crippen LogP contribution in [0.3, 0.4) is 0 Å². The van der Waals surface area contributed by atoms with E-state index in [0.717, 1.165) is 0 Å². The van der Waals surface area contributed by atoms with Gasteiger partial charge in [-0.2, -0.15) is 0 Å². The molecule has 0 saturated heterocycles. The highest BCUT2D eigenvalue weighted by molar-refractivity contribution is 5.43. The van der Waals surface area contributed by atoms with Crippen LogP contribution in [-0.2, 0) is 17.3 Å². The van der Waals surface area contributed by atoms with Crippen molar-refractivity contribution >= 4 is 0 Å². The minimum atomic E-state index is 0.356. The Morgan fingerprint density at radius 2 is 1.53 bits per heavy atom. The number of hydrogen-bond donors (Lipinski definition) is 0. The molecule has 0 N–H and O–H groups in total. The van der Waals surface area contributed by atoms with E-state index >= 15 is 0 Å². The second-order valence-electron chi connectivity index (χ2n) is 6.90. The van der Waals surface area contributed by atoms with Crippen molar-refractivity contribution in [1.82, 2.24) is 0 Å². The predicted molar refractivity (Wildman–Crippen MR) is 75.7 cm³/mol. The minimum absolute atomic E-state index is 0.356. The van der Waals surface area contributed by atoms with Crippen LogP contribution in [0.15, 0.2) is 18.2 Å². The second kappa shape index (κ2) is 4.15. The third kappa shape index (κ3) is 2.27. The molecule has 0 atom stereocenters. The van der Waals surface area contributed by atoms with Gasteiger partial charge in [-0.15, -0.1) is 0 Å². The maximum Gasteiger partial charge on any atom is -0.0100 e. The van der Waals surface area contributed by atoms with Gasteiger partial charge in [-0.3, -0.25) is 0 Å². The van der Waals surface area contributed by atoms with Gasteiger partial charge in [-0.25, -0.2) is 0 Å². The summed E-state index contributed by atoms with van der Waals surface area (Å²) in [5, 5.41) is 0. The van der Waals surface area contributed by atoms with E-state index in [9.17, 15) is 0 Å². The molecular weight excluding hydrogens is 204 g/mol. The molecule has 0 bridgehead atoms. The lowest BCUT2D eigenvalue weighted by Gasteiger charge is -2.42. The number of hydrogen-bond acceptors (Lipinski definition) is 0. The molecule has 0 saturated carbocycles. The quantitative estimate of drug-likeness (QED) is 0.671. The number of fused-ring (bicyclic) bond motifs is 1. The zero-order valence-electron chi connectivity index (χ0n) is 12.1. The maximum absolute atomic E-state index is 2.47. The van der Waals surface area contributed by atoms with Crippen molar-refractivity contribution in [3.63, 3.8) is 0 Å². The Hall–Kier alpha value is -0.780. The fourth-order valence-electron chi connectivity index (χ4n) is 3.08. The molecule has 94 valence electrons. The molecule has 17 heavy (non-hydrogen) atoms. The Balaban J connectivity index is 2.52. The van der Waals surface area contributed by atoms with E-state index in [4.69, 9.17) is 0 Å². The van der Waals surface area contributed by atoms with Crippen molar-refractivity contribution in [2.75, 3.05) is 0 Å². The molecule has 0 fully saturated rings. The molecule has 1 aromatic carbocycles. The predicted octanol–water partition coefficient (Wildman–Crippen LogP) is 4.99. The van der Waals surface area contributed by atoms with Crippen LogP contribution in [0, 0.1) is 0 Å². The zero-order valence-corrected chi connectivity index (χ0v) is 12.1. The lowest BCUT2D eigenvalue weighted by atomic mass is 9.63. The summed E-state index contributed by atoms with van der Waals surface area (Å²) in [7, 11) is 0. The molecule has 0 aromatic heterocycles. The average molecular weight is 230 g/mol. The van der Waals surface area contributed by atoms with Crippen LogP contribution in [0.5, 0.6) is 0 Å². The van der Waals surface area contributed by atoms with E-state index in [2.05, 4.69) is 52.8 Å². The fourth-order valence-corrected chi connectivity index (χ4v) is 3.08. The van der Waals surface area contributed by atoms with Crippen LogP contribution in [-0.4, -0.2) is 0 Å². The third-order valence-electron chi connectivity index (χ3n) is 4.46. The Labute approximate surface area is 106 Å². The van der Waals surface area contributed by atoms with Gasteiger partial charge in [0.1, 0.15) is 0 Å². The van der Waals surface area contributed by atoms with Crippen molar-refractivity contribution in [3.05, 3.63) is 34.9 Å². The van der Waals surface area contributed by atoms with Gasteiger partial charge in [0.25, 0.3) is 0 Å². The highest BCUT2D eigenvalue weighted by Crippen LogP contribution is 2.45. The van der Waals surface area contributed by atoms with Crippen molar-refractivity contribution < 1.29 is 0 Å². The summed E-state index contributed by atoms with van der Waals surface area (Å²) in [4.78, 5) is 0. The van der Waals surface area contributed by atoms with Crippen LogP contribution in [0.2, 0.25) is 0 Å². The highest BCUT2D eigenvalue weighted by atomic mass is 14.4. The van der Waals surface area contributed by atoms with Crippen LogP contribution in [0.25, 0.3) is 0 Å². The molecule has 0 spiro atoms. The first-order chi connectivity index (χ1) is 7.87. The zero-order chi connectivity index (χ0) is 12.7. The Bertz CT molecular complexity index is 410. The number of benzene rings is 1. The van der Waals surface area contributed by atoms with Crippen molar-refractivity contribution in [2.24, 2.45) is 0 Å². The summed E-state index contributed by atoms with van der Waals surface area (Å²) >= 11 is 0. The molecule has 0 amide bonds. The highest BCUT2D eigenvalue weighted by Gasteiger charge is 2.36. The smallest absolute Gasteiger partial charge is 0.0100 e. The normalized spacial score (nSPS) is 21.0. The maximum atomic E-state index is 2.47. The number of rotatable bonds is 2. The Morgan fingerprint density at radius 3 is 2.12 bits per heavy atom. The van der Waals surface area contributed by atoms with Gasteiger partial charge in [-0.1, -0.05) is 59.2 Å². The molecule has 1 aliphatic carbocycles. The Morgan fingerprint density at radius 1 is 0.941 bits per heavy atom. The fraction of sp³-hybridized carbons (Fsp3) is 0.647. The summed E-state index contributed by atoms with van der Waals surface area (Å²) in [5.41, 5.74) is 5.40. The van der Waals surface area contributed by atoms with E-state index < -0.39 is 0 Å². The van der Waals surface area contributed by atoms with Crippen molar-refractivity contribution in [3.8, 4) is 0 Å². The monoisotopic (exact) mass is 230 g/mol. The molecule has 0 heterocycles. The van der Waals surface area contributed by atoms with Gasteiger partial charge in [0.2, 0.25) is 0 Å². The lowest BCUT2D eigenvalue weighted by molar-refractivity contribution is 0.331. The molecule has 2 rings (SSSR count). The first-order valence-corrected chi connectivity index (χ1v) is 7.01. The standard InChI is InChI=1S/C17H26/c1-6-7-13-8-9-14-15(12-13)17(4,5)11-10-16(14,2)3/h8-9,12H,6-7,10-11H2,1-5H3. The van der Waals surface area contributed by atoms with Crippen molar-refractivity contribution in [1.29, 1.82) is 0 Å². The first-order valence-electron chi connectivity index (χ1n) is 7.01. The first kappa shape index (κ1) is 12.7. The van der Waals surface area contributed by atoms with Gasteiger partial charge in [0, 0.05) is 0 Å². The average Bonchev–Trinajstić information content (AvgIpc) is 2.26. The molecule has 0 aliphatic heterocycles. The molecule has 0 nitrogen and oxygen atoms in total. The largest absolute Gasteiger partial charge is 0.0651 e. The second-order valence-corrected chi connectivity index (χ2v) is 6.90. The minimum Gasteiger partial charge on any atom is -0.0651 e. The van der Waals surface area contributed by atoms with E-state index in [0.29, 0.717) is 10.8 Å². The summed E-state index contributed by atoms with van der Waals surface area (Å²) < 4.78 is 0. The van der Waals surface area contributed by atoms with Crippen LogP contribution in [0.1, 0.15) is 70.6 Å². The van der Waals surface area contributed by atoms with E-state index in [-0.39, 0.29) is 0 Å². The van der Waals surface area contributed by atoms with Crippen LogP contribution >= 0.6 is 0 Å². The summed E-state index contributed by atoms with van der Waals surface area (Å²) in [5.74, 6) is 0. The third-order valence-corrected chi connectivity index (χ3v) is 4.46. The topological polar surface area (TPSA) is 0 Å². The van der Waals surface area contributed by atoms with Gasteiger partial charge >= 0.3 is 0 Å². The van der Waals surface area contributed by atoms with Gasteiger partial charge in [0.15, 0.2) is 0 Å². The summed E-state index contributed by atoms with van der Waals surface area (Å²) in [6.45, 7) is 11.8. The van der Waals surface area contributed by atoms with E-state index in [1.807, 2.05) is 0 Å². The van der Waals surface area contributed by atoms with E-state index in [1.54, 1.807) is 11.1 Å². The molecule has 0 heteroatoms. The molecule has 0 unspecified atom stereocenters. The molecular formula is C17H26. The Kier molecular flexibility index (Phi) is 3.10. The SMILES string of the molecule is CCCc1ccc2c(c1)C(C)(C)CCC2(C)C. The lowest BCUT2D eigenvalue weighted by Crippen LogP contribution is -2.33. The van der Waals surface area contributed by atoms with Gasteiger partial charge in [-0.05, 0) is 46.8 Å². The van der Waals surface area contributed by atoms with E-state index in [1.165, 1.54) is 31.2 Å². The molecule has 0 radical (unpaired) electrons. The van der Waals surface area contributed by atoms with Crippen LogP contribution < -0.4 is 0 Å². The summed E-state index contributed by atoms with van der Waals surface area (Å²) in [6.07, 6.45) is 5.06. The van der Waals surface area contributed by atoms with Gasteiger partial charge < -0.3 is 0 Å².